The molecule has 0 fully saturated rings. The second-order valence-electron chi connectivity index (χ2n) is 12.3. The summed E-state index contributed by atoms with van der Waals surface area (Å²) in [5.41, 5.74) is 0. The van der Waals surface area contributed by atoms with Crippen molar-refractivity contribution in [1.29, 1.82) is 0 Å². The zero-order valence-electron chi connectivity index (χ0n) is 30.6. The number of esters is 2. The molecule has 0 aliphatic carbocycles. The molecule has 0 aromatic heterocycles. The van der Waals surface area contributed by atoms with Crippen molar-refractivity contribution >= 4 is 19.8 Å². The zero-order chi connectivity index (χ0) is 36.1. The second kappa shape index (κ2) is 35.3. The van der Waals surface area contributed by atoms with Crippen LogP contribution in [0.15, 0.2) is 72.9 Å². The van der Waals surface area contributed by atoms with E-state index in [1.165, 1.54) is 44.9 Å². The van der Waals surface area contributed by atoms with E-state index in [0.717, 1.165) is 64.2 Å². The molecule has 0 aromatic carbocycles. The summed E-state index contributed by atoms with van der Waals surface area (Å²) in [6.07, 6.45) is 44.8. The highest BCUT2D eigenvalue weighted by molar-refractivity contribution is 7.46. The molecule has 0 amide bonds. The Morgan fingerprint density at radius 1 is 0.551 bits per heavy atom. The van der Waals surface area contributed by atoms with Crippen LogP contribution in [0.1, 0.15) is 149 Å². The van der Waals surface area contributed by atoms with E-state index < -0.39 is 32.5 Å². The van der Waals surface area contributed by atoms with E-state index in [2.05, 4.69) is 54.8 Å². The van der Waals surface area contributed by atoms with Crippen molar-refractivity contribution in [2.24, 2.45) is 0 Å². The van der Waals surface area contributed by atoms with E-state index in [1.54, 1.807) is 0 Å². The molecule has 0 aliphatic heterocycles. The lowest BCUT2D eigenvalue weighted by Crippen LogP contribution is -2.29. The van der Waals surface area contributed by atoms with E-state index in [9.17, 15) is 14.2 Å². The van der Waals surface area contributed by atoms with Gasteiger partial charge in [0.25, 0.3) is 0 Å². The Labute approximate surface area is 298 Å². The van der Waals surface area contributed by atoms with Gasteiger partial charge in [-0.05, 0) is 57.8 Å². The van der Waals surface area contributed by atoms with Gasteiger partial charge in [0.05, 0.1) is 6.61 Å². The van der Waals surface area contributed by atoms with Gasteiger partial charge in [-0.25, -0.2) is 4.57 Å². The van der Waals surface area contributed by atoms with Gasteiger partial charge in [0.2, 0.25) is 0 Å². The maximum absolute atomic E-state index is 12.3. The minimum atomic E-state index is -4.77. The third kappa shape index (κ3) is 38.1. The number of ether oxygens (including phenoxy) is 2. The highest BCUT2D eigenvalue weighted by Gasteiger charge is 2.22. The van der Waals surface area contributed by atoms with Crippen molar-refractivity contribution in [3.05, 3.63) is 72.9 Å². The van der Waals surface area contributed by atoms with Crippen molar-refractivity contribution in [1.82, 2.24) is 0 Å². The van der Waals surface area contributed by atoms with Crippen molar-refractivity contribution in [3.8, 4) is 0 Å². The van der Waals surface area contributed by atoms with Crippen LogP contribution in [0.4, 0.5) is 0 Å². The quantitative estimate of drug-likeness (QED) is 0.0299. The average molecular weight is 707 g/mol. The summed E-state index contributed by atoms with van der Waals surface area (Å²) in [5, 5.41) is 0. The maximum atomic E-state index is 12.3. The van der Waals surface area contributed by atoms with Gasteiger partial charge >= 0.3 is 19.8 Å². The van der Waals surface area contributed by atoms with Crippen LogP contribution >= 0.6 is 7.82 Å². The van der Waals surface area contributed by atoms with E-state index >= 15 is 0 Å². The third-order valence-corrected chi connectivity index (χ3v) is 8.07. The van der Waals surface area contributed by atoms with Gasteiger partial charge in [0, 0.05) is 12.8 Å². The van der Waals surface area contributed by atoms with Crippen molar-refractivity contribution in [3.63, 3.8) is 0 Å². The maximum Gasteiger partial charge on any atom is 0.469 e. The summed E-state index contributed by atoms with van der Waals surface area (Å²) in [6.45, 7) is 3.47. The summed E-state index contributed by atoms with van der Waals surface area (Å²) in [6, 6.07) is 0. The van der Waals surface area contributed by atoms with Gasteiger partial charge in [-0.1, -0.05) is 151 Å². The molecule has 0 saturated heterocycles. The second-order valence-corrected chi connectivity index (χ2v) is 13.5. The molecule has 280 valence electrons. The van der Waals surface area contributed by atoms with Gasteiger partial charge in [-0.2, -0.15) is 0 Å². The zero-order valence-corrected chi connectivity index (χ0v) is 31.5. The molecule has 0 spiro atoms. The molecule has 0 saturated carbocycles. The van der Waals surface area contributed by atoms with Crippen LogP contribution in [-0.4, -0.2) is 41.0 Å². The molecule has 49 heavy (non-hydrogen) atoms. The predicted octanol–water partition coefficient (Wildman–Crippen LogP) is 11.1. The van der Waals surface area contributed by atoms with Crippen LogP contribution in [-0.2, 0) is 28.2 Å². The topological polar surface area (TPSA) is 119 Å². The molecule has 0 aromatic rings. The lowest BCUT2D eigenvalue weighted by molar-refractivity contribution is -0.161. The Morgan fingerprint density at radius 2 is 0.980 bits per heavy atom. The normalized spacial score (nSPS) is 13.3. The summed E-state index contributed by atoms with van der Waals surface area (Å²) in [4.78, 5) is 42.7. The van der Waals surface area contributed by atoms with E-state index in [4.69, 9.17) is 19.3 Å². The fraction of sp³-hybridized carbons (Fsp3) is 0.650. The number of unbranched alkanes of at least 4 members (excludes halogenated alkanes) is 15. The van der Waals surface area contributed by atoms with Crippen molar-refractivity contribution in [2.75, 3.05) is 13.2 Å². The summed E-state index contributed by atoms with van der Waals surface area (Å²) in [5.74, 6) is -0.956. The first kappa shape index (κ1) is 46.5. The van der Waals surface area contributed by atoms with Crippen LogP contribution in [0.5, 0.6) is 0 Å². The van der Waals surface area contributed by atoms with E-state index in [0.29, 0.717) is 12.8 Å². The lowest BCUT2D eigenvalue weighted by atomic mass is 10.1. The Bertz CT molecular complexity index is 1020. The number of hydrogen-bond donors (Lipinski definition) is 2. The SMILES string of the molecule is CC/C=C/C=C/C=C/C=C/CCCCCC(=O)OC(COC(=O)CCCCCCC/C=C/C=C/CCCCCCCCC)COP(=O)(O)O. The Hall–Kier alpha value is -2.51. The number of rotatable bonds is 33. The minimum Gasteiger partial charge on any atom is -0.462 e. The summed E-state index contributed by atoms with van der Waals surface area (Å²) in [7, 11) is -4.77. The van der Waals surface area contributed by atoms with Gasteiger partial charge in [0.15, 0.2) is 6.10 Å². The van der Waals surface area contributed by atoms with Crippen LogP contribution in [0, 0.1) is 0 Å². The molecular formula is C40H67O8P. The number of carbonyl (C=O) groups is 2. The molecule has 1 unspecified atom stereocenters. The smallest absolute Gasteiger partial charge is 0.462 e. The molecular weight excluding hydrogens is 639 g/mol. The minimum absolute atomic E-state index is 0.159. The van der Waals surface area contributed by atoms with Crippen LogP contribution in [0.2, 0.25) is 0 Å². The van der Waals surface area contributed by atoms with E-state index in [-0.39, 0.29) is 19.4 Å². The van der Waals surface area contributed by atoms with Gasteiger partial charge < -0.3 is 19.3 Å². The molecule has 8 nitrogen and oxygen atoms in total. The van der Waals surface area contributed by atoms with Crippen molar-refractivity contribution < 1.29 is 37.9 Å². The van der Waals surface area contributed by atoms with Gasteiger partial charge in [-0.3, -0.25) is 14.1 Å². The fourth-order valence-electron chi connectivity index (χ4n) is 4.78. The van der Waals surface area contributed by atoms with Gasteiger partial charge in [-0.15, -0.1) is 0 Å². The first-order chi connectivity index (χ1) is 23.8. The number of hydrogen-bond acceptors (Lipinski definition) is 6. The highest BCUT2D eigenvalue weighted by atomic mass is 31.2. The molecule has 0 radical (unpaired) electrons. The average Bonchev–Trinajstić information content (AvgIpc) is 3.07. The lowest BCUT2D eigenvalue weighted by Gasteiger charge is -2.18. The number of allylic oxidation sites excluding steroid dienone is 12. The van der Waals surface area contributed by atoms with E-state index in [1.807, 2.05) is 36.5 Å². The fourth-order valence-corrected chi connectivity index (χ4v) is 5.14. The van der Waals surface area contributed by atoms with Crippen LogP contribution < -0.4 is 0 Å². The molecule has 0 rings (SSSR count). The summed E-state index contributed by atoms with van der Waals surface area (Å²) < 4.78 is 26.2. The molecule has 0 aliphatic rings. The largest absolute Gasteiger partial charge is 0.469 e. The first-order valence-electron chi connectivity index (χ1n) is 18.8. The monoisotopic (exact) mass is 706 g/mol. The summed E-state index contributed by atoms with van der Waals surface area (Å²) >= 11 is 0. The molecule has 1 atom stereocenters. The third-order valence-electron chi connectivity index (χ3n) is 7.58. The Kier molecular flexibility index (Phi) is 33.5. The predicted molar refractivity (Wildman–Crippen MR) is 202 cm³/mol. The van der Waals surface area contributed by atoms with Crippen molar-refractivity contribution in [2.45, 2.75) is 155 Å². The van der Waals surface area contributed by atoms with Crippen LogP contribution in [0.25, 0.3) is 0 Å². The highest BCUT2D eigenvalue weighted by Crippen LogP contribution is 2.36. The Morgan fingerprint density at radius 3 is 1.51 bits per heavy atom. The molecule has 9 heteroatoms. The molecule has 2 N–H and O–H groups in total. The van der Waals surface area contributed by atoms with Gasteiger partial charge in [0.1, 0.15) is 6.61 Å². The Balaban J connectivity index is 4.06. The number of phosphoric ester groups is 1. The standard InChI is InChI=1S/C40H67O8P/c1-3-5-7-9-11-13-15-17-18-19-20-21-23-24-26-28-30-32-34-39(41)46-36-38(37-47-49(43,44)45)48-40(42)35-33-31-29-27-25-22-16-14-12-10-8-6-4-2/h6,8,10,12,14,16,18-22,25,38H,3-5,7,9,11,13,15,17,23-24,26-37H2,1-2H3,(H2,43,44,45)/b8-6+,12-10+,16-14+,19-18+,21-20+,25-22+. The number of carbonyl (C=O) groups excluding carboxylic acids is 2. The molecule has 0 bridgehead atoms. The van der Waals surface area contributed by atoms with Crippen LogP contribution in [0.3, 0.4) is 0 Å². The first-order valence-corrected chi connectivity index (χ1v) is 20.3. The number of phosphoric acid groups is 1. The molecule has 0 heterocycles.